The van der Waals surface area contributed by atoms with Crippen molar-refractivity contribution in [1.82, 2.24) is 0 Å². The summed E-state index contributed by atoms with van der Waals surface area (Å²) in [6.07, 6.45) is 8.23. The molecular weight excluding hydrogens is 276 g/mol. The Hall–Kier alpha value is -1.51. The van der Waals surface area contributed by atoms with E-state index < -0.39 is 11.9 Å². The van der Waals surface area contributed by atoms with E-state index >= 15 is 0 Å². The zero-order valence-electron chi connectivity index (χ0n) is 14.2. The molecule has 0 heterocycles. The largest absolute Gasteiger partial charge is 0.507 e. The smallest absolute Gasteiger partial charge is 0.310 e. The molecule has 1 aromatic rings. The molecule has 1 rings (SSSR count). The summed E-state index contributed by atoms with van der Waals surface area (Å²) in [5.41, 5.74) is 2.62. The third-order valence-corrected chi connectivity index (χ3v) is 4.26. The van der Waals surface area contributed by atoms with Crippen LogP contribution in [0.2, 0.25) is 0 Å². The number of hydrogen-bond acceptors (Lipinski definition) is 2. The summed E-state index contributed by atoms with van der Waals surface area (Å²) in [5.74, 6) is -0.964. The lowest BCUT2D eigenvalue weighted by Gasteiger charge is -2.15. The van der Waals surface area contributed by atoms with Gasteiger partial charge in [-0.05, 0) is 49.3 Å². The van der Waals surface area contributed by atoms with Crippen LogP contribution in [-0.4, -0.2) is 16.2 Å². The van der Waals surface area contributed by atoms with Crippen LogP contribution in [0.4, 0.5) is 0 Å². The number of rotatable bonds is 10. The molecule has 0 aliphatic rings. The van der Waals surface area contributed by atoms with E-state index in [0.29, 0.717) is 5.75 Å². The van der Waals surface area contributed by atoms with Gasteiger partial charge < -0.3 is 10.2 Å². The Bertz CT molecular complexity index is 449. The van der Waals surface area contributed by atoms with Gasteiger partial charge in [-0.1, -0.05) is 51.7 Å². The Kier molecular flexibility index (Phi) is 8.00. The van der Waals surface area contributed by atoms with Crippen molar-refractivity contribution in [3.05, 3.63) is 28.8 Å². The highest BCUT2D eigenvalue weighted by Gasteiger charge is 2.18. The number of unbranched alkanes of at least 4 members (excludes halogenated alkanes) is 4. The monoisotopic (exact) mass is 306 g/mol. The van der Waals surface area contributed by atoms with Gasteiger partial charge in [-0.15, -0.1) is 0 Å². The van der Waals surface area contributed by atoms with Crippen LogP contribution in [0.25, 0.3) is 0 Å². The molecule has 0 saturated heterocycles. The molecule has 0 aliphatic carbocycles. The summed E-state index contributed by atoms with van der Waals surface area (Å²) in [5, 5.41) is 19.7. The molecule has 0 bridgehead atoms. The molecule has 1 aromatic carbocycles. The van der Waals surface area contributed by atoms with Gasteiger partial charge in [0.15, 0.2) is 0 Å². The molecule has 0 spiro atoms. The van der Waals surface area contributed by atoms with Crippen molar-refractivity contribution in [2.45, 2.75) is 78.1 Å². The van der Waals surface area contributed by atoms with E-state index in [1.807, 2.05) is 12.1 Å². The van der Waals surface area contributed by atoms with E-state index in [0.717, 1.165) is 68.1 Å². The third-order valence-electron chi connectivity index (χ3n) is 4.26. The molecule has 124 valence electrons. The number of aromatic hydroxyl groups is 1. The van der Waals surface area contributed by atoms with Crippen molar-refractivity contribution in [2.75, 3.05) is 0 Å². The quantitative estimate of drug-likeness (QED) is 0.595. The fourth-order valence-electron chi connectivity index (χ4n) is 2.69. The van der Waals surface area contributed by atoms with E-state index in [1.165, 1.54) is 0 Å². The lowest BCUT2D eigenvalue weighted by molar-refractivity contribution is -0.138. The second-order valence-electron chi connectivity index (χ2n) is 6.16. The summed E-state index contributed by atoms with van der Waals surface area (Å²) in [6.45, 7) is 6.01. The maximum atomic E-state index is 11.3. The lowest BCUT2D eigenvalue weighted by atomic mass is 9.91. The summed E-state index contributed by atoms with van der Waals surface area (Å²) >= 11 is 0. The van der Waals surface area contributed by atoms with Gasteiger partial charge >= 0.3 is 5.97 Å². The van der Waals surface area contributed by atoms with Crippen molar-refractivity contribution < 1.29 is 15.0 Å². The molecule has 2 N–H and O–H groups in total. The number of benzene rings is 1. The van der Waals surface area contributed by atoms with Crippen molar-refractivity contribution in [3.8, 4) is 5.75 Å². The molecule has 0 fully saturated rings. The Balaban J connectivity index is 3.04. The molecule has 0 radical (unpaired) electrons. The first kappa shape index (κ1) is 18.5. The maximum Gasteiger partial charge on any atom is 0.310 e. The van der Waals surface area contributed by atoms with Crippen LogP contribution in [0.1, 0.15) is 81.9 Å². The van der Waals surface area contributed by atoms with Crippen LogP contribution < -0.4 is 0 Å². The number of aliphatic carboxylic acids is 1. The number of aryl methyl sites for hydroxylation is 2. The van der Waals surface area contributed by atoms with Crippen molar-refractivity contribution >= 4 is 5.97 Å². The zero-order valence-corrected chi connectivity index (χ0v) is 14.2. The highest BCUT2D eigenvalue weighted by Crippen LogP contribution is 2.31. The molecule has 0 amide bonds. The molecule has 3 nitrogen and oxygen atoms in total. The zero-order chi connectivity index (χ0) is 16.5. The molecule has 0 aromatic heterocycles. The highest BCUT2D eigenvalue weighted by atomic mass is 16.4. The van der Waals surface area contributed by atoms with E-state index in [9.17, 15) is 15.0 Å². The van der Waals surface area contributed by atoms with Gasteiger partial charge in [-0.2, -0.15) is 0 Å². The Morgan fingerprint density at radius 3 is 1.82 bits per heavy atom. The molecular formula is C19H30O3. The Labute approximate surface area is 134 Å². The Morgan fingerprint density at radius 2 is 1.45 bits per heavy atom. The summed E-state index contributed by atoms with van der Waals surface area (Å²) < 4.78 is 0. The van der Waals surface area contributed by atoms with Crippen molar-refractivity contribution in [1.29, 1.82) is 0 Å². The minimum Gasteiger partial charge on any atom is -0.507 e. The number of carbonyl (C=O) groups is 1. The second-order valence-corrected chi connectivity index (χ2v) is 6.16. The first-order chi connectivity index (χ1) is 10.5. The van der Waals surface area contributed by atoms with E-state index in [2.05, 4.69) is 13.8 Å². The number of phenols is 1. The van der Waals surface area contributed by atoms with Crippen LogP contribution >= 0.6 is 0 Å². The SMILES string of the molecule is CCCCCc1cc(C(C)C(=O)O)cc(CCCCC)c1O. The van der Waals surface area contributed by atoms with Gasteiger partial charge in [-0.3, -0.25) is 4.79 Å². The fraction of sp³-hybridized carbons (Fsp3) is 0.632. The van der Waals surface area contributed by atoms with Crippen molar-refractivity contribution in [2.24, 2.45) is 0 Å². The molecule has 1 atom stereocenters. The van der Waals surface area contributed by atoms with Crippen molar-refractivity contribution in [3.63, 3.8) is 0 Å². The first-order valence-corrected chi connectivity index (χ1v) is 8.58. The van der Waals surface area contributed by atoms with Crippen LogP contribution in [0.5, 0.6) is 5.75 Å². The number of hydrogen-bond donors (Lipinski definition) is 2. The average Bonchev–Trinajstić information content (AvgIpc) is 2.50. The predicted molar refractivity (Wildman–Crippen MR) is 90.6 cm³/mol. The summed E-state index contributed by atoms with van der Waals surface area (Å²) in [7, 11) is 0. The van der Waals surface area contributed by atoms with Crippen LogP contribution in [0.3, 0.4) is 0 Å². The minimum atomic E-state index is -0.815. The molecule has 22 heavy (non-hydrogen) atoms. The summed E-state index contributed by atoms with van der Waals surface area (Å²) in [6, 6.07) is 3.76. The minimum absolute atomic E-state index is 0.383. The van der Waals surface area contributed by atoms with Gasteiger partial charge in [-0.25, -0.2) is 0 Å². The number of carboxylic acids is 1. The molecule has 1 unspecified atom stereocenters. The maximum absolute atomic E-state index is 11.3. The highest BCUT2D eigenvalue weighted by molar-refractivity contribution is 5.76. The second kappa shape index (κ2) is 9.50. The lowest BCUT2D eigenvalue weighted by Crippen LogP contribution is -2.09. The number of phenolic OH excluding ortho intramolecular Hbond substituents is 1. The third kappa shape index (κ3) is 5.36. The molecule has 3 heteroatoms. The first-order valence-electron chi connectivity index (χ1n) is 8.58. The molecule has 0 aliphatic heterocycles. The van der Waals surface area contributed by atoms with Gasteiger partial charge in [0.05, 0.1) is 5.92 Å². The summed E-state index contributed by atoms with van der Waals surface area (Å²) in [4.78, 5) is 11.3. The average molecular weight is 306 g/mol. The Morgan fingerprint density at radius 1 is 1.00 bits per heavy atom. The van der Waals surface area contributed by atoms with E-state index in [1.54, 1.807) is 6.92 Å². The van der Waals surface area contributed by atoms with E-state index in [-0.39, 0.29) is 0 Å². The van der Waals surface area contributed by atoms with Crippen LogP contribution in [0.15, 0.2) is 12.1 Å². The normalized spacial score (nSPS) is 12.3. The molecule has 0 saturated carbocycles. The fourth-order valence-corrected chi connectivity index (χ4v) is 2.69. The van der Waals surface area contributed by atoms with E-state index in [4.69, 9.17) is 0 Å². The van der Waals surface area contributed by atoms with Crippen LogP contribution in [0, 0.1) is 0 Å². The number of carboxylic acid groups (broad SMARTS) is 1. The predicted octanol–water partition coefficient (Wildman–Crippen LogP) is 5.05. The van der Waals surface area contributed by atoms with Gasteiger partial charge in [0.1, 0.15) is 5.75 Å². The van der Waals surface area contributed by atoms with Gasteiger partial charge in [0.25, 0.3) is 0 Å². The van der Waals surface area contributed by atoms with Crippen LogP contribution in [-0.2, 0) is 17.6 Å². The van der Waals surface area contributed by atoms with Gasteiger partial charge in [0, 0.05) is 0 Å². The standard InChI is InChI=1S/C19H30O3/c1-4-6-8-10-15-12-17(14(3)19(21)22)13-16(18(15)20)11-9-7-5-2/h12-14,20H,4-11H2,1-3H3,(H,21,22). The topological polar surface area (TPSA) is 57.5 Å². The van der Waals surface area contributed by atoms with Gasteiger partial charge in [0.2, 0.25) is 0 Å².